The van der Waals surface area contributed by atoms with E-state index in [0.29, 0.717) is 23.0 Å². The molecule has 0 saturated carbocycles. The number of ether oxygens (including phenoxy) is 2. The zero-order chi connectivity index (χ0) is 19.1. The van der Waals surface area contributed by atoms with E-state index in [0.717, 1.165) is 24.9 Å². The first-order chi connectivity index (χ1) is 13.7. The Morgan fingerprint density at radius 1 is 1.11 bits per heavy atom. The van der Waals surface area contributed by atoms with Crippen LogP contribution in [0.5, 0.6) is 11.5 Å². The van der Waals surface area contributed by atoms with E-state index in [1.807, 2.05) is 35.2 Å². The minimum atomic E-state index is -0.0958. The predicted molar refractivity (Wildman–Crippen MR) is 102 cm³/mol. The molecule has 2 aliphatic rings. The van der Waals surface area contributed by atoms with Crippen molar-refractivity contribution < 1.29 is 18.8 Å². The molecule has 0 radical (unpaired) electrons. The van der Waals surface area contributed by atoms with Gasteiger partial charge in [-0.05, 0) is 49.1 Å². The van der Waals surface area contributed by atoms with Gasteiger partial charge in [0, 0.05) is 18.2 Å². The molecule has 1 aromatic heterocycles. The molecule has 142 valence electrons. The highest BCUT2D eigenvalue weighted by atomic mass is 16.7. The molecule has 1 saturated heterocycles. The molecule has 3 aromatic rings. The van der Waals surface area contributed by atoms with Crippen molar-refractivity contribution in [3.63, 3.8) is 0 Å². The first-order valence-corrected chi connectivity index (χ1v) is 9.44. The third kappa shape index (κ3) is 2.81. The highest BCUT2D eigenvalue weighted by Crippen LogP contribution is 2.37. The number of fused-ring (bicyclic) bond motifs is 1. The summed E-state index contributed by atoms with van der Waals surface area (Å²) in [6, 6.07) is 15.6. The molecule has 2 aromatic carbocycles. The van der Waals surface area contributed by atoms with Gasteiger partial charge in [0.1, 0.15) is 0 Å². The van der Waals surface area contributed by atoms with Crippen LogP contribution in [0.3, 0.4) is 0 Å². The standard InChI is InChI=1S/C22H20N2O4/c1-14-5-2-3-6-16(14)18-7-4-10-24(18)22(25)17-12-20(28-23-17)15-8-9-19-21(11-15)27-13-26-19/h2-3,5-6,8-9,11-12,18H,4,7,10,13H2,1H3/t18-/m0/s1. The maximum atomic E-state index is 13.1. The van der Waals surface area contributed by atoms with Crippen LogP contribution in [-0.2, 0) is 0 Å². The molecule has 0 bridgehead atoms. The van der Waals surface area contributed by atoms with E-state index < -0.39 is 0 Å². The van der Waals surface area contributed by atoms with Crippen LogP contribution in [0.15, 0.2) is 53.1 Å². The normalized spacial score (nSPS) is 17.9. The topological polar surface area (TPSA) is 64.8 Å². The molecule has 0 aliphatic carbocycles. The van der Waals surface area contributed by atoms with Crippen LogP contribution in [0, 0.1) is 6.92 Å². The summed E-state index contributed by atoms with van der Waals surface area (Å²) in [6.07, 6.45) is 1.95. The molecular formula is C22H20N2O4. The van der Waals surface area contributed by atoms with Crippen molar-refractivity contribution in [2.45, 2.75) is 25.8 Å². The molecule has 0 N–H and O–H groups in total. The van der Waals surface area contributed by atoms with Crippen LogP contribution in [-0.4, -0.2) is 29.3 Å². The van der Waals surface area contributed by atoms with Crippen LogP contribution in [0.2, 0.25) is 0 Å². The number of nitrogens with zero attached hydrogens (tertiary/aromatic N) is 2. The quantitative estimate of drug-likeness (QED) is 0.680. The van der Waals surface area contributed by atoms with Crippen LogP contribution in [0.4, 0.5) is 0 Å². The molecule has 6 nitrogen and oxygen atoms in total. The number of likely N-dealkylation sites (tertiary alicyclic amines) is 1. The second-order valence-corrected chi connectivity index (χ2v) is 7.16. The number of benzene rings is 2. The molecule has 3 heterocycles. The van der Waals surface area contributed by atoms with Gasteiger partial charge in [0.15, 0.2) is 23.0 Å². The first-order valence-electron chi connectivity index (χ1n) is 9.44. The molecule has 0 spiro atoms. The number of amides is 1. The number of aromatic nitrogens is 1. The van der Waals surface area contributed by atoms with Gasteiger partial charge in [-0.15, -0.1) is 0 Å². The SMILES string of the molecule is Cc1ccccc1[C@@H]1CCCN1C(=O)c1cc(-c2ccc3c(c2)OCO3)on1. The van der Waals surface area contributed by atoms with E-state index in [9.17, 15) is 4.79 Å². The van der Waals surface area contributed by atoms with E-state index in [1.165, 1.54) is 11.1 Å². The van der Waals surface area contributed by atoms with Crippen LogP contribution >= 0.6 is 0 Å². The zero-order valence-corrected chi connectivity index (χ0v) is 15.6. The molecule has 1 fully saturated rings. The van der Waals surface area contributed by atoms with Gasteiger partial charge >= 0.3 is 0 Å². The smallest absolute Gasteiger partial charge is 0.276 e. The Morgan fingerprint density at radius 2 is 1.96 bits per heavy atom. The predicted octanol–water partition coefficient (Wildman–Crippen LogP) is 4.36. The molecule has 6 heteroatoms. The number of hydrogen-bond donors (Lipinski definition) is 0. The third-order valence-electron chi connectivity index (χ3n) is 5.45. The molecule has 1 amide bonds. The van der Waals surface area contributed by atoms with E-state index in [4.69, 9.17) is 14.0 Å². The summed E-state index contributed by atoms with van der Waals surface area (Å²) in [7, 11) is 0. The highest BCUT2D eigenvalue weighted by Gasteiger charge is 2.33. The highest BCUT2D eigenvalue weighted by molar-refractivity contribution is 5.93. The Kier molecular flexibility index (Phi) is 4.04. The number of aryl methyl sites for hydroxylation is 1. The van der Waals surface area contributed by atoms with Crippen molar-refractivity contribution >= 4 is 5.91 Å². The van der Waals surface area contributed by atoms with Gasteiger partial charge in [0.25, 0.3) is 5.91 Å². The van der Waals surface area contributed by atoms with Gasteiger partial charge in [-0.3, -0.25) is 4.79 Å². The maximum Gasteiger partial charge on any atom is 0.276 e. The van der Waals surface area contributed by atoms with Crippen LogP contribution in [0.1, 0.15) is 40.5 Å². The summed E-state index contributed by atoms with van der Waals surface area (Å²) in [5, 5.41) is 4.04. The Hall–Kier alpha value is -3.28. The summed E-state index contributed by atoms with van der Waals surface area (Å²) in [6.45, 7) is 3.03. The monoisotopic (exact) mass is 376 g/mol. The lowest BCUT2D eigenvalue weighted by atomic mass is 9.99. The molecule has 5 rings (SSSR count). The summed E-state index contributed by atoms with van der Waals surface area (Å²) in [4.78, 5) is 15.0. The number of carbonyl (C=O) groups is 1. The number of hydrogen-bond acceptors (Lipinski definition) is 5. The van der Waals surface area contributed by atoms with Crippen LogP contribution < -0.4 is 9.47 Å². The van der Waals surface area contributed by atoms with Crippen molar-refractivity contribution in [1.82, 2.24) is 10.1 Å². The Labute approximate surface area is 162 Å². The second kappa shape index (κ2) is 6.71. The lowest BCUT2D eigenvalue weighted by Crippen LogP contribution is -2.31. The zero-order valence-electron chi connectivity index (χ0n) is 15.6. The largest absolute Gasteiger partial charge is 0.454 e. The van der Waals surface area contributed by atoms with Gasteiger partial charge in [0.05, 0.1) is 6.04 Å². The van der Waals surface area contributed by atoms with Crippen molar-refractivity contribution in [1.29, 1.82) is 0 Å². The maximum absolute atomic E-state index is 13.1. The van der Waals surface area contributed by atoms with E-state index in [2.05, 4.69) is 24.2 Å². The average molecular weight is 376 g/mol. The Morgan fingerprint density at radius 3 is 2.86 bits per heavy atom. The average Bonchev–Trinajstić information content (AvgIpc) is 3.47. The van der Waals surface area contributed by atoms with Gasteiger partial charge in [0.2, 0.25) is 6.79 Å². The van der Waals surface area contributed by atoms with Crippen molar-refractivity contribution in [3.05, 3.63) is 65.4 Å². The number of rotatable bonds is 3. The molecule has 1 atom stereocenters. The van der Waals surface area contributed by atoms with Crippen molar-refractivity contribution in [2.75, 3.05) is 13.3 Å². The van der Waals surface area contributed by atoms with Crippen LogP contribution in [0.25, 0.3) is 11.3 Å². The lowest BCUT2D eigenvalue weighted by Gasteiger charge is -2.25. The van der Waals surface area contributed by atoms with Gasteiger partial charge in [-0.1, -0.05) is 29.4 Å². The minimum absolute atomic E-state index is 0.0828. The molecular weight excluding hydrogens is 356 g/mol. The summed E-state index contributed by atoms with van der Waals surface area (Å²) >= 11 is 0. The van der Waals surface area contributed by atoms with E-state index in [-0.39, 0.29) is 18.7 Å². The second-order valence-electron chi connectivity index (χ2n) is 7.16. The lowest BCUT2D eigenvalue weighted by molar-refractivity contribution is 0.0725. The summed E-state index contributed by atoms with van der Waals surface area (Å²) in [5.74, 6) is 1.81. The van der Waals surface area contributed by atoms with Gasteiger partial charge < -0.3 is 18.9 Å². The Balaban J connectivity index is 1.41. The third-order valence-corrected chi connectivity index (χ3v) is 5.45. The fourth-order valence-corrected chi connectivity index (χ4v) is 4.00. The fraction of sp³-hybridized carbons (Fsp3) is 0.273. The minimum Gasteiger partial charge on any atom is -0.454 e. The Bertz CT molecular complexity index is 1040. The van der Waals surface area contributed by atoms with Crippen molar-refractivity contribution in [3.8, 4) is 22.8 Å². The molecule has 2 aliphatic heterocycles. The fourth-order valence-electron chi connectivity index (χ4n) is 4.00. The summed E-state index contributed by atoms with van der Waals surface area (Å²) in [5.41, 5.74) is 3.53. The van der Waals surface area contributed by atoms with Crippen molar-refractivity contribution in [2.24, 2.45) is 0 Å². The van der Waals surface area contributed by atoms with Gasteiger partial charge in [-0.25, -0.2) is 0 Å². The summed E-state index contributed by atoms with van der Waals surface area (Å²) < 4.78 is 16.2. The first kappa shape index (κ1) is 16.9. The van der Waals surface area contributed by atoms with Gasteiger partial charge in [-0.2, -0.15) is 0 Å². The van der Waals surface area contributed by atoms with E-state index in [1.54, 1.807) is 6.07 Å². The molecule has 28 heavy (non-hydrogen) atoms. The van der Waals surface area contributed by atoms with E-state index >= 15 is 0 Å². The number of carbonyl (C=O) groups excluding carboxylic acids is 1. The molecule has 0 unspecified atom stereocenters.